The van der Waals surface area contributed by atoms with E-state index in [-0.39, 0.29) is 0 Å². The van der Waals surface area contributed by atoms with Crippen LogP contribution < -0.4 is 5.32 Å². The normalized spacial score (nSPS) is 12.2. The fourth-order valence-corrected chi connectivity index (χ4v) is 3.29. The van der Waals surface area contributed by atoms with Crippen LogP contribution in [-0.4, -0.2) is 16.1 Å². The second kappa shape index (κ2) is 7.06. The molecule has 2 aromatic heterocycles. The van der Waals surface area contributed by atoms with Crippen molar-refractivity contribution in [3.63, 3.8) is 0 Å². The lowest BCUT2D eigenvalue weighted by atomic mass is 10.1. The van der Waals surface area contributed by atoms with Crippen LogP contribution in [0.25, 0.3) is 0 Å². The van der Waals surface area contributed by atoms with Crippen LogP contribution in [0.4, 0.5) is 5.82 Å². The van der Waals surface area contributed by atoms with E-state index in [2.05, 4.69) is 54.8 Å². The molecule has 0 amide bonds. The smallest absolute Gasteiger partial charge is 0.334 e. The SMILES string of the molecule is Cc1cc(CS)c(C(Nc2nc(C)c(Br)cc2Br)C(=O)O)o1. The van der Waals surface area contributed by atoms with Crippen LogP contribution in [0, 0.1) is 13.8 Å². The molecule has 118 valence electrons. The minimum atomic E-state index is -1.05. The van der Waals surface area contributed by atoms with Gasteiger partial charge in [0.2, 0.25) is 0 Å². The van der Waals surface area contributed by atoms with Crippen molar-refractivity contribution in [2.24, 2.45) is 0 Å². The lowest BCUT2D eigenvalue weighted by Gasteiger charge is -2.16. The van der Waals surface area contributed by atoms with Crippen LogP contribution in [0.3, 0.4) is 0 Å². The number of nitrogens with one attached hydrogen (secondary N) is 1. The van der Waals surface area contributed by atoms with Gasteiger partial charge in [0.15, 0.2) is 6.04 Å². The molecule has 0 spiro atoms. The van der Waals surface area contributed by atoms with Crippen molar-refractivity contribution in [3.05, 3.63) is 43.9 Å². The number of aryl methyl sites for hydroxylation is 2. The quantitative estimate of drug-likeness (QED) is 0.586. The highest BCUT2D eigenvalue weighted by atomic mass is 79.9. The highest BCUT2D eigenvalue weighted by Gasteiger charge is 2.27. The molecule has 2 N–H and O–H groups in total. The number of pyridine rings is 1. The van der Waals surface area contributed by atoms with E-state index >= 15 is 0 Å². The predicted molar refractivity (Wildman–Crippen MR) is 94.5 cm³/mol. The topological polar surface area (TPSA) is 75.4 Å². The Kier molecular flexibility index (Phi) is 5.57. The number of carbonyl (C=O) groups is 1. The second-order valence-corrected chi connectivity index (χ2v) is 6.73. The summed E-state index contributed by atoms with van der Waals surface area (Å²) in [5, 5.41) is 12.4. The molecular weight excluding hydrogens is 436 g/mol. The molecule has 1 unspecified atom stereocenters. The fourth-order valence-electron chi connectivity index (χ4n) is 1.99. The minimum Gasteiger partial charge on any atom is -0.479 e. The van der Waals surface area contributed by atoms with Crippen molar-refractivity contribution < 1.29 is 14.3 Å². The zero-order valence-electron chi connectivity index (χ0n) is 11.9. The third kappa shape index (κ3) is 3.67. The Labute approximate surface area is 150 Å². The summed E-state index contributed by atoms with van der Waals surface area (Å²) in [6, 6.07) is 2.56. The van der Waals surface area contributed by atoms with Crippen LogP contribution in [-0.2, 0) is 10.5 Å². The highest BCUT2D eigenvalue weighted by Crippen LogP contribution is 2.31. The number of carboxylic acid groups (broad SMARTS) is 1. The molecule has 2 rings (SSSR count). The maximum atomic E-state index is 11.6. The minimum absolute atomic E-state index is 0.342. The lowest BCUT2D eigenvalue weighted by Crippen LogP contribution is -2.22. The van der Waals surface area contributed by atoms with E-state index < -0.39 is 12.0 Å². The number of hydrogen-bond donors (Lipinski definition) is 3. The summed E-state index contributed by atoms with van der Waals surface area (Å²) >= 11 is 11.0. The van der Waals surface area contributed by atoms with Gasteiger partial charge >= 0.3 is 5.97 Å². The number of carboxylic acids is 1. The molecule has 0 fully saturated rings. The number of rotatable bonds is 5. The van der Waals surface area contributed by atoms with E-state index in [0.717, 1.165) is 15.7 Å². The average molecular weight is 450 g/mol. The molecule has 8 heteroatoms. The summed E-state index contributed by atoms with van der Waals surface area (Å²) in [6.07, 6.45) is 0. The Morgan fingerprint density at radius 3 is 2.68 bits per heavy atom. The molecular formula is C14H14Br2N2O3S. The number of aromatic nitrogens is 1. The van der Waals surface area contributed by atoms with Crippen LogP contribution >= 0.6 is 44.5 Å². The number of anilines is 1. The zero-order chi connectivity index (χ0) is 16.4. The number of aliphatic carboxylic acids is 1. The van der Waals surface area contributed by atoms with Gasteiger partial charge in [-0.15, -0.1) is 0 Å². The van der Waals surface area contributed by atoms with Crippen molar-refractivity contribution in [1.82, 2.24) is 4.98 Å². The first-order valence-electron chi connectivity index (χ1n) is 6.35. The van der Waals surface area contributed by atoms with Gasteiger partial charge in [-0.05, 0) is 57.8 Å². The first kappa shape index (κ1) is 17.4. The largest absolute Gasteiger partial charge is 0.479 e. The summed E-state index contributed by atoms with van der Waals surface area (Å²) in [5.74, 6) is 0.769. The summed E-state index contributed by atoms with van der Waals surface area (Å²) in [4.78, 5) is 16.0. The second-order valence-electron chi connectivity index (χ2n) is 4.71. The third-order valence-electron chi connectivity index (χ3n) is 3.03. The molecule has 0 saturated heterocycles. The molecule has 1 atom stereocenters. The van der Waals surface area contributed by atoms with E-state index in [1.807, 2.05) is 13.0 Å². The molecule has 0 aliphatic carbocycles. The molecule has 22 heavy (non-hydrogen) atoms. The van der Waals surface area contributed by atoms with Gasteiger partial charge in [0, 0.05) is 15.8 Å². The van der Waals surface area contributed by atoms with Crippen LogP contribution in [0.15, 0.2) is 25.5 Å². The molecule has 5 nitrogen and oxygen atoms in total. The third-order valence-corrected chi connectivity index (χ3v) is 4.78. The summed E-state index contributed by atoms with van der Waals surface area (Å²) in [7, 11) is 0. The molecule has 0 aliphatic rings. The zero-order valence-corrected chi connectivity index (χ0v) is 15.9. The van der Waals surface area contributed by atoms with Gasteiger partial charge in [-0.1, -0.05) is 0 Å². The average Bonchev–Trinajstić information content (AvgIpc) is 2.81. The van der Waals surface area contributed by atoms with Crippen molar-refractivity contribution in [2.45, 2.75) is 25.6 Å². The molecule has 0 radical (unpaired) electrons. The predicted octanol–water partition coefficient (Wildman–Crippen LogP) is 4.48. The Balaban J connectivity index is 2.42. The van der Waals surface area contributed by atoms with E-state index in [9.17, 15) is 9.90 Å². The van der Waals surface area contributed by atoms with Crippen LogP contribution in [0.2, 0.25) is 0 Å². The highest BCUT2D eigenvalue weighted by molar-refractivity contribution is 9.11. The summed E-state index contributed by atoms with van der Waals surface area (Å²) in [5.41, 5.74) is 1.49. The van der Waals surface area contributed by atoms with Gasteiger partial charge < -0.3 is 14.8 Å². The monoisotopic (exact) mass is 448 g/mol. The maximum Gasteiger partial charge on any atom is 0.334 e. The van der Waals surface area contributed by atoms with Crippen molar-refractivity contribution >= 4 is 56.3 Å². The first-order valence-corrected chi connectivity index (χ1v) is 8.57. The van der Waals surface area contributed by atoms with Crippen molar-refractivity contribution in [1.29, 1.82) is 0 Å². The van der Waals surface area contributed by atoms with Gasteiger partial charge in [-0.25, -0.2) is 9.78 Å². The number of halogens is 2. The number of hydrogen-bond acceptors (Lipinski definition) is 5. The number of nitrogens with zero attached hydrogens (tertiary/aromatic N) is 1. The van der Waals surface area contributed by atoms with E-state index in [1.54, 1.807) is 13.0 Å². The standard InChI is InChI=1S/C14H14Br2N2O3S/c1-6-3-8(5-22)12(21-6)11(14(19)20)18-13-10(16)4-9(15)7(2)17-13/h3-4,11,22H,5H2,1-2H3,(H,17,18)(H,19,20). The number of furan rings is 1. The van der Waals surface area contributed by atoms with Gasteiger partial charge in [-0.2, -0.15) is 12.6 Å². The molecule has 2 aromatic rings. The van der Waals surface area contributed by atoms with Crippen LogP contribution in [0.5, 0.6) is 0 Å². The Morgan fingerprint density at radius 2 is 2.09 bits per heavy atom. The molecule has 0 aromatic carbocycles. The van der Waals surface area contributed by atoms with Gasteiger partial charge in [0.1, 0.15) is 17.3 Å². The van der Waals surface area contributed by atoms with Gasteiger partial charge in [0.05, 0.1) is 10.2 Å². The fraction of sp³-hybridized carbons (Fsp3) is 0.286. The van der Waals surface area contributed by atoms with Gasteiger partial charge in [-0.3, -0.25) is 0 Å². The molecule has 0 aliphatic heterocycles. The molecule has 0 bridgehead atoms. The molecule has 0 saturated carbocycles. The molecule has 2 heterocycles. The maximum absolute atomic E-state index is 11.6. The van der Waals surface area contributed by atoms with E-state index in [0.29, 0.717) is 27.6 Å². The van der Waals surface area contributed by atoms with E-state index in [4.69, 9.17) is 4.42 Å². The van der Waals surface area contributed by atoms with Crippen molar-refractivity contribution in [2.75, 3.05) is 5.32 Å². The van der Waals surface area contributed by atoms with Gasteiger partial charge in [0.25, 0.3) is 0 Å². The summed E-state index contributed by atoms with van der Waals surface area (Å²) in [6.45, 7) is 3.60. The Bertz CT molecular complexity index is 718. The lowest BCUT2D eigenvalue weighted by molar-refractivity contribution is -0.138. The Morgan fingerprint density at radius 1 is 1.41 bits per heavy atom. The summed E-state index contributed by atoms with van der Waals surface area (Å²) < 4.78 is 7.04. The van der Waals surface area contributed by atoms with Crippen LogP contribution in [0.1, 0.15) is 28.8 Å². The van der Waals surface area contributed by atoms with Crippen molar-refractivity contribution in [3.8, 4) is 0 Å². The number of thiol groups is 1. The first-order chi connectivity index (χ1) is 10.3. The van der Waals surface area contributed by atoms with E-state index in [1.165, 1.54) is 0 Å². The Hall–Kier alpha value is -0.990.